The number of amidine groups is 1. The van der Waals surface area contributed by atoms with Crippen LogP contribution in [-0.2, 0) is 0 Å². The second-order valence-corrected chi connectivity index (χ2v) is 3.93. The van der Waals surface area contributed by atoms with E-state index in [1.165, 1.54) is 18.5 Å². The first-order chi connectivity index (χ1) is 8.04. The number of pyridine rings is 1. The van der Waals surface area contributed by atoms with Crippen LogP contribution in [0, 0.1) is 0 Å². The van der Waals surface area contributed by atoms with Gasteiger partial charge in [0.15, 0.2) is 0 Å². The van der Waals surface area contributed by atoms with Crippen molar-refractivity contribution in [3.63, 3.8) is 0 Å². The number of hydrogen-bond acceptors (Lipinski definition) is 4. The van der Waals surface area contributed by atoms with Gasteiger partial charge in [0.1, 0.15) is 5.84 Å². The average Bonchev–Trinajstić information content (AvgIpc) is 2.29. The summed E-state index contributed by atoms with van der Waals surface area (Å²) in [5, 5.41) is 14.2. The average molecular weight is 257 g/mol. The van der Waals surface area contributed by atoms with Crippen molar-refractivity contribution < 1.29 is 10.0 Å². The zero-order valence-electron chi connectivity index (χ0n) is 9.22. The predicted octanol–water partition coefficient (Wildman–Crippen LogP) is 0.990. The first-order valence-corrected chi connectivity index (χ1v) is 5.29. The van der Waals surface area contributed by atoms with Gasteiger partial charge in [-0.15, -0.1) is 0 Å². The quantitative estimate of drug-likeness (QED) is 0.324. The highest BCUT2D eigenvalue weighted by Gasteiger charge is 2.13. The van der Waals surface area contributed by atoms with Crippen LogP contribution in [0.5, 0.6) is 0 Å². The molecule has 1 heterocycles. The van der Waals surface area contributed by atoms with Gasteiger partial charge in [0, 0.05) is 24.9 Å². The molecule has 92 valence electrons. The normalized spacial score (nSPS) is 13.2. The Hall–Kier alpha value is -1.82. The highest BCUT2D eigenvalue weighted by Crippen LogP contribution is 2.13. The van der Waals surface area contributed by atoms with E-state index in [9.17, 15) is 4.79 Å². The van der Waals surface area contributed by atoms with E-state index in [1.54, 1.807) is 6.92 Å². The zero-order chi connectivity index (χ0) is 12.8. The summed E-state index contributed by atoms with van der Waals surface area (Å²) in [5.41, 5.74) is 5.67. The number of aromatic nitrogens is 1. The molecule has 1 rings (SSSR count). The van der Waals surface area contributed by atoms with Crippen molar-refractivity contribution in [2.75, 3.05) is 0 Å². The molecule has 1 aromatic rings. The smallest absolute Gasteiger partial charge is 0.253 e. The molecule has 7 heteroatoms. The molecule has 0 bridgehead atoms. The lowest BCUT2D eigenvalue weighted by molar-refractivity contribution is 0.0941. The Morgan fingerprint density at radius 1 is 1.76 bits per heavy atom. The number of amides is 1. The predicted molar refractivity (Wildman–Crippen MR) is 64.2 cm³/mol. The van der Waals surface area contributed by atoms with Gasteiger partial charge in [-0.25, -0.2) is 0 Å². The van der Waals surface area contributed by atoms with E-state index in [0.717, 1.165) is 0 Å². The number of nitrogens with two attached hydrogens (primary N) is 1. The first kappa shape index (κ1) is 13.2. The topological polar surface area (TPSA) is 101 Å². The number of carbonyl (C=O) groups excluding carboxylic acids is 1. The van der Waals surface area contributed by atoms with Crippen molar-refractivity contribution in [2.24, 2.45) is 10.9 Å². The summed E-state index contributed by atoms with van der Waals surface area (Å²) in [4.78, 5) is 15.6. The molecule has 0 aromatic carbocycles. The van der Waals surface area contributed by atoms with Crippen molar-refractivity contribution in [3.05, 3.63) is 29.0 Å². The maximum atomic E-state index is 11.8. The standard InChI is InChI=1S/C10H13ClN4O2/c1-6(4-9(12)15-17)14-10(16)7-2-3-13-5-8(7)11/h2-3,5-6,17H,4H2,1H3,(H2,12,15)(H,14,16). The third kappa shape index (κ3) is 3.92. The second-order valence-electron chi connectivity index (χ2n) is 3.53. The van der Waals surface area contributed by atoms with Crippen molar-refractivity contribution >= 4 is 23.3 Å². The monoisotopic (exact) mass is 256 g/mol. The summed E-state index contributed by atoms with van der Waals surface area (Å²) < 4.78 is 0. The van der Waals surface area contributed by atoms with Gasteiger partial charge in [0.05, 0.1) is 10.6 Å². The van der Waals surface area contributed by atoms with Crippen molar-refractivity contribution in [2.45, 2.75) is 19.4 Å². The maximum absolute atomic E-state index is 11.8. The van der Waals surface area contributed by atoms with Crippen LogP contribution in [-0.4, -0.2) is 28.0 Å². The number of hydrogen-bond donors (Lipinski definition) is 3. The van der Waals surface area contributed by atoms with E-state index in [-0.39, 0.29) is 29.2 Å². The lowest BCUT2D eigenvalue weighted by Crippen LogP contribution is -2.35. The molecule has 0 radical (unpaired) electrons. The van der Waals surface area contributed by atoms with Gasteiger partial charge >= 0.3 is 0 Å². The van der Waals surface area contributed by atoms with Gasteiger partial charge < -0.3 is 16.3 Å². The number of carbonyl (C=O) groups is 1. The highest BCUT2D eigenvalue weighted by atomic mass is 35.5. The molecule has 1 amide bonds. The van der Waals surface area contributed by atoms with E-state index < -0.39 is 0 Å². The fourth-order valence-corrected chi connectivity index (χ4v) is 1.47. The summed E-state index contributed by atoms with van der Waals surface area (Å²) >= 11 is 5.82. The van der Waals surface area contributed by atoms with E-state index in [4.69, 9.17) is 22.5 Å². The molecule has 17 heavy (non-hydrogen) atoms. The third-order valence-electron chi connectivity index (χ3n) is 2.04. The summed E-state index contributed by atoms with van der Waals surface area (Å²) in [6.07, 6.45) is 3.13. The van der Waals surface area contributed by atoms with Crippen molar-refractivity contribution in [3.8, 4) is 0 Å². The highest BCUT2D eigenvalue weighted by molar-refractivity contribution is 6.33. The Morgan fingerprint density at radius 3 is 3.06 bits per heavy atom. The molecule has 0 spiro atoms. The Kier molecular flexibility index (Phi) is 4.71. The van der Waals surface area contributed by atoms with E-state index >= 15 is 0 Å². The minimum Gasteiger partial charge on any atom is -0.409 e. The van der Waals surface area contributed by atoms with Crippen LogP contribution in [0.3, 0.4) is 0 Å². The van der Waals surface area contributed by atoms with Gasteiger partial charge in [-0.3, -0.25) is 9.78 Å². The number of rotatable bonds is 4. The molecule has 1 unspecified atom stereocenters. The molecule has 0 aliphatic rings. The number of nitrogens with zero attached hydrogens (tertiary/aromatic N) is 2. The number of nitrogens with one attached hydrogen (secondary N) is 1. The van der Waals surface area contributed by atoms with Crippen molar-refractivity contribution in [1.29, 1.82) is 0 Å². The molecule has 0 aliphatic carbocycles. The zero-order valence-corrected chi connectivity index (χ0v) is 9.98. The lowest BCUT2D eigenvalue weighted by atomic mass is 10.2. The molecule has 0 saturated heterocycles. The largest absolute Gasteiger partial charge is 0.409 e. The van der Waals surface area contributed by atoms with Crippen LogP contribution >= 0.6 is 11.6 Å². The summed E-state index contributed by atoms with van der Waals surface area (Å²) in [7, 11) is 0. The van der Waals surface area contributed by atoms with Gasteiger partial charge in [0.2, 0.25) is 0 Å². The molecule has 6 nitrogen and oxygen atoms in total. The molecule has 1 aromatic heterocycles. The molecule has 0 aliphatic heterocycles. The molecule has 0 saturated carbocycles. The SMILES string of the molecule is CC(CC(N)=NO)NC(=O)c1ccncc1Cl. The van der Waals surface area contributed by atoms with Crippen LogP contribution < -0.4 is 11.1 Å². The van der Waals surface area contributed by atoms with Gasteiger partial charge in [-0.05, 0) is 13.0 Å². The lowest BCUT2D eigenvalue weighted by Gasteiger charge is -2.13. The number of halogens is 1. The van der Waals surface area contributed by atoms with E-state index in [2.05, 4.69) is 15.5 Å². The fraction of sp³-hybridized carbons (Fsp3) is 0.300. The summed E-state index contributed by atoms with van der Waals surface area (Å²) in [6.45, 7) is 1.74. The Morgan fingerprint density at radius 2 is 2.47 bits per heavy atom. The van der Waals surface area contributed by atoms with E-state index in [0.29, 0.717) is 5.56 Å². The van der Waals surface area contributed by atoms with Crippen molar-refractivity contribution in [1.82, 2.24) is 10.3 Å². The molecule has 0 fully saturated rings. The molecule has 1 atom stereocenters. The third-order valence-corrected chi connectivity index (χ3v) is 2.34. The van der Waals surface area contributed by atoms with Gasteiger partial charge in [0.25, 0.3) is 5.91 Å². The molecule has 4 N–H and O–H groups in total. The molecular weight excluding hydrogens is 244 g/mol. The molecular formula is C10H13ClN4O2. The van der Waals surface area contributed by atoms with Gasteiger partial charge in [-0.2, -0.15) is 0 Å². The van der Waals surface area contributed by atoms with Crippen LogP contribution in [0.1, 0.15) is 23.7 Å². The van der Waals surface area contributed by atoms with Crippen LogP contribution in [0.15, 0.2) is 23.6 Å². The fourth-order valence-electron chi connectivity index (χ4n) is 1.27. The minimum atomic E-state index is -0.323. The van der Waals surface area contributed by atoms with Crippen LogP contribution in [0.2, 0.25) is 5.02 Å². The Bertz CT molecular complexity index is 436. The summed E-state index contributed by atoms with van der Waals surface area (Å²) in [5.74, 6) is -0.269. The van der Waals surface area contributed by atoms with Crippen LogP contribution in [0.25, 0.3) is 0 Å². The minimum absolute atomic E-state index is 0.0543. The Labute approximate surface area is 103 Å². The maximum Gasteiger partial charge on any atom is 0.253 e. The Balaban J connectivity index is 2.64. The summed E-state index contributed by atoms with van der Waals surface area (Å²) in [6, 6.07) is 1.26. The second kappa shape index (κ2) is 6.05. The number of oxime groups is 1. The first-order valence-electron chi connectivity index (χ1n) is 4.91. The van der Waals surface area contributed by atoms with Gasteiger partial charge in [-0.1, -0.05) is 16.8 Å². The van der Waals surface area contributed by atoms with E-state index in [1.807, 2.05) is 0 Å². The van der Waals surface area contributed by atoms with Crippen LogP contribution in [0.4, 0.5) is 0 Å².